The van der Waals surface area contributed by atoms with Crippen molar-refractivity contribution in [2.24, 2.45) is 0 Å². The minimum Gasteiger partial charge on any atom is -0.329 e. The van der Waals surface area contributed by atoms with E-state index in [1.165, 1.54) is 18.5 Å². The molecular weight excluding hydrogens is 296 g/mol. The highest BCUT2D eigenvalue weighted by molar-refractivity contribution is 5.95. The van der Waals surface area contributed by atoms with Crippen molar-refractivity contribution in [3.63, 3.8) is 0 Å². The van der Waals surface area contributed by atoms with E-state index in [0.29, 0.717) is 12.1 Å². The molecule has 1 saturated heterocycles. The number of amides is 1. The quantitative estimate of drug-likeness (QED) is 0.884. The summed E-state index contributed by atoms with van der Waals surface area (Å²) in [7, 11) is 2.30. The Bertz CT molecular complexity index is 629. The van der Waals surface area contributed by atoms with Gasteiger partial charge in [-0.05, 0) is 38.5 Å². The van der Waals surface area contributed by atoms with E-state index in [2.05, 4.69) is 44.9 Å². The summed E-state index contributed by atoms with van der Waals surface area (Å²) in [5, 5.41) is 0. The van der Waals surface area contributed by atoms with Crippen LogP contribution >= 0.6 is 0 Å². The van der Waals surface area contributed by atoms with Gasteiger partial charge in [-0.25, -0.2) is 0 Å². The van der Waals surface area contributed by atoms with Crippen LogP contribution in [-0.4, -0.2) is 36.5 Å². The monoisotopic (exact) mass is 327 g/mol. The van der Waals surface area contributed by atoms with Crippen molar-refractivity contribution in [3.05, 3.63) is 46.7 Å². The molecule has 3 rings (SSSR count). The first-order valence-electron chi connectivity index (χ1n) is 9.43. The number of hydrogen-bond acceptors (Lipinski definition) is 1. The lowest BCUT2D eigenvalue weighted by Crippen LogP contribution is -3.14. The van der Waals surface area contributed by atoms with Crippen LogP contribution in [0.3, 0.4) is 0 Å². The normalized spacial score (nSPS) is 25.5. The molecule has 2 heterocycles. The van der Waals surface area contributed by atoms with E-state index in [-0.39, 0.29) is 5.91 Å². The Hall–Kier alpha value is -1.61. The van der Waals surface area contributed by atoms with Crippen LogP contribution in [0.25, 0.3) is 0 Å². The first-order chi connectivity index (χ1) is 11.5. The van der Waals surface area contributed by atoms with Gasteiger partial charge in [0.15, 0.2) is 0 Å². The van der Waals surface area contributed by atoms with Crippen molar-refractivity contribution >= 4 is 5.91 Å². The molecule has 0 aromatic heterocycles. The van der Waals surface area contributed by atoms with E-state index in [1.807, 2.05) is 12.1 Å². The lowest BCUT2D eigenvalue weighted by atomic mass is 10.0. The number of rotatable bonds is 5. The van der Waals surface area contributed by atoms with Crippen LogP contribution in [-0.2, 0) is 0 Å². The van der Waals surface area contributed by atoms with Gasteiger partial charge in [0.2, 0.25) is 0 Å². The van der Waals surface area contributed by atoms with Gasteiger partial charge in [-0.15, -0.1) is 0 Å². The zero-order valence-corrected chi connectivity index (χ0v) is 15.6. The predicted molar refractivity (Wildman–Crippen MR) is 98.3 cm³/mol. The number of nitrogens with one attached hydrogen (secondary N) is 1. The van der Waals surface area contributed by atoms with E-state index in [1.54, 1.807) is 4.90 Å². The molecule has 2 aliphatic rings. The number of hydrogen-bond donors (Lipinski definition) is 1. The van der Waals surface area contributed by atoms with Crippen LogP contribution in [0.2, 0.25) is 0 Å². The SMILES string of the molecule is CCCCN(C(=O)c1cc(C)cc(C)c1)C1=C[C@@H]2CC[C@H](C1)[NH+]2C. The summed E-state index contributed by atoms with van der Waals surface area (Å²) >= 11 is 0. The lowest BCUT2D eigenvalue weighted by Gasteiger charge is -2.33. The second-order valence-electron chi connectivity index (χ2n) is 7.67. The second kappa shape index (κ2) is 7.10. The highest BCUT2D eigenvalue weighted by Crippen LogP contribution is 2.26. The zero-order valence-electron chi connectivity index (χ0n) is 15.6. The standard InChI is InChI=1S/C21H30N2O/c1-5-6-9-23(20-13-18-7-8-19(14-20)22(18)4)21(24)17-11-15(2)10-16(3)12-17/h10-13,18-19H,5-9,14H2,1-4H3/p+1/t18-,19+/m0/s1. The van der Waals surface area contributed by atoms with Gasteiger partial charge >= 0.3 is 0 Å². The molecule has 2 bridgehead atoms. The Labute approximate surface area is 146 Å². The lowest BCUT2D eigenvalue weighted by molar-refractivity contribution is -0.912. The molecule has 1 N–H and O–H groups in total. The number of unbranched alkanes of at least 4 members (excludes halogenated alkanes) is 1. The van der Waals surface area contributed by atoms with Gasteiger partial charge in [0.1, 0.15) is 6.04 Å². The zero-order chi connectivity index (χ0) is 17.3. The molecule has 1 aromatic carbocycles. The Balaban J connectivity index is 1.89. The molecule has 1 unspecified atom stereocenters. The summed E-state index contributed by atoms with van der Waals surface area (Å²) < 4.78 is 0. The molecule has 0 radical (unpaired) electrons. The average molecular weight is 327 g/mol. The van der Waals surface area contributed by atoms with Gasteiger partial charge in [-0.1, -0.05) is 30.5 Å². The Morgan fingerprint density at radius 1 is 1.21 bits per heavy atom. The molecule has 1 amide bonds. The van der Waals surface area contributed by atoms with Crippen LogP contribution in [0.15, 0.2) is 30.0 Å². The highest BCUT2D eigenvalue weighted by atomic mass is 16.2. The molecule has 0 spiro atoms. The maximum Gasteiger partial charge on any atom is 0.258 e. The van der Waals surface area contributed by atoms with Crippen molar-refractivity contribution in [2.45, 2.75) is 65.0 Å². The van der Waals surface area contributed by atoms with Gasteiger partial charge in [-0.2, -0.15) is 0 Å². The number of likely N-dealkylation sites (N-methyl/N-ethyl adjacent to an activating group) is 1. The van der Waals surface area contributed by atoms with Crippen molar-refractivity contribution < 1.29 is 9.69 Å². The summed E-state index contributed by atoms with van der Waals surface area (Å²) in [6, 6.07) is 7.47. The fourth-order valence-corrected chi connectivity index (χ4v) is 4.32. The molecule has 3 nitrogen and oxygen atoms in total. The van der Waals surface area contributed by atoms with Crippen molar-refractivity contribution in [3.8, 4) is 0 Å². The highest BCUT2D eigenvalue weighted by Gasteiger charge is 2.39. The second-order valence-corrected chi connectivity index (χ2v) is 7.67. The fraction of sp³-hybridized carbons (Fsp3) is 0.571. The van der Waals surface area contributed by atoms with E-state index < -0.39 is 0 Å². The van der Waals surface area contributed by atoms with Gasteiger partial charge in [0, 0.05) is 37.1 Å². The smallest absolute Gasteiger partial charge is 0.258 e. The van der Waals surface area contributed by atoms with E-state index in [0.717, 1.165) is 42.5 Å². The Kier molecular flexibility index (Phi) is 5.09. The summed E-state index contributed by atoms with van der Waals surface area (Å²) in [6.07, 6.45) is 8.15. The minimum absolute atomic E-state index is 0.181. The number of quaternary nitrogens is 1. The Morgan fingerprint density at radius 3 is 2.54 bits per heavy atom. The van der Waals surface area contributed by atoms with Gasteiger partial charge in [0.25, 0.3) is 5.91 Å². The molecule has 24 heavy (non-hydrogen) atoms. The van der Waals surface area contributed by atoms with E-state index in [9.17, 15) is 4.79 Å². The summed E-state index contributed by atoms with van der Waals surface area (Å²) in [6.45, 7) is 7.17. The largest absolute Gasteiger partial charge is 0.329 e. The first-order valence-corrected chi connectivity index (χ1v) is 9.43. The number of fused-ring (bicyclic) bond motifs is 2. The molecule has 130 valence electrons. The number of aryl methyl sites for hydroxylation is 2. The summed E-state index contributed by atoms with van der Waals surface area (Å²) in [5.74, 6) is 0.181. The number of carbonyl (C=O) groups is 1. The Morgan fingerprint density at radius 2 is 1.92 bits per heavy atom. The topological polar surface area (TPSA) is 24.8 Å². The molecule has 2 aliphatic heterocycles. The van der Waals surface area contributed by atoms with Gasteiger partial charge in [0.05, 0.1) is 13.1 Å². The van der Waals surface area contributed by atoms with Crippen LogP contribution in [0.4, 0.5) is 0 Å². The fourth-order valence-electron chi connectivity index (χ4n) is 4.32. The molecular formula is C21H31N2O+. The van der Waals surface area contributed by atoms with Crippen LogP contribution in [0.5, 0.6) is 0 Å². The molecule has 3 heteroatoms. The van der Waals surface area contributed by atoms with Crippen molar-refractivity contribution in [2.75, 3.05) is 13.6 Å². The van der Waals surface area contributed by atoms with Crippen molar-refractivity contribution in [1.29, 1.82) is 0 Å². The number of benzene rings is 1. The number of carbonyl (C=O) groups excluding carboxylic acids is 1. The maximum atomic E-state index is 13.2. The third kappa shape index (κ3) is 3.41. The summed E-state index contributed by atoms with van der Waals surface area (Å²) in [5.41, 5.74) is 4.43. The number of nitrogens with zero attached hydrogens (tertiary/aromatic N) is 1. The van der Waals surface area contributed by atoms with Crippen LogP contribution < -0.4 is 4.90 Å². The molecule has 1 aromatic rings. The minimum atomic E-state index is 0.181. The third-order valence-corrected chi connectivity index (χ3v) is 5.70. The first kappa shape index (κ1) is 17.2. The molecule has 0 saturated carbocycles. The summed E-state index contributed by atoms with van der Waals surface area (Å²) in [4.78, 5) is 17.0. The molecule has 0 aliphatic carbocycles. The molecule has 3 atom stereocenters. The maximum absolute atomic E-state index is 13.2. The van der Waals surface area contributed by atoms with Gasteiger partial charge < -0.3 is 9.80 Å². The van der Waals surface area contributed by atoms with E-state index in [4.69, 9.17) is 0 Å². The predicted octanol–water partition coefficient (Wildman–Crippen LogP) is 2.88. The average Bonchev–Trinajstić information content (AvgIpc) is 2.75. The van der Waals surface area contributed by atoms with Crippen LogP contribution in [0, 0.1) is 13.8 Å². The third-order valence-electron chi connectivity index (χ3n) is 5.70. The van der Waals surface area contributed by atoms with Crippen molar-refractivity contribution in [1.82, 2.24) is 4.90 Å². The molecule has 1 fully saturated rings. The van der Waals surface area contributed by atoms with Crippen LogP contribution in [0.1, 0.15) is 60.5 Å². The van der Waals surface area contributed by atoms with E-state index >= 15 is 0 Å². The van der Waals surface area contributed by atoms with Gasteiger partial charge in [-0.3, -0.25) is 4.79 Å².